The third-order valence-electron chi connectivity index (χ3n) is 2.54. The van der Waals surface area contributed by atoms with Crippen LogP contribution in [0.4, 0.5) is 5.69 Å². The molecule has 0 heterocycles. The molecule has 8 heteroatoms. The number of hydrogen-bond acceptors (Lipinski definition) is 6. The minimum atomic E-state index is -3.43. The summed E-state index contributed by atoms with van der Waals surface area (Å²) in [5.41, 5.74) is -0.0718. The Morgan fingerprint density at radius 3 is 2.25 bits per heavy atom. The fourth-order valence-electron chi connectivity index (χ4n) is 1.40. The van der Waals surface area contributed by atoms with Gasteiger partial charge in [-0.2, -0.15) is 0 Å². The Bertz CT molecular complexity index is 485. The second-order valence-corrected chi connectivity index (χ2v) is 6.10. The Morgan fingerprint density at radius 1 is 1.25 bits per heavy atom. The fourth-order valence-corrected chi connectivity index (χ4v) is 2.21. The number of non-ortho nitro benzene ring substituents is 1. The molecular formula is C12H18NO6P. The third-order valence-corrected chi connectivity index (χ3v) is 3.44. The Labute approximate surface area is 117 Å². The lowest BCUT2D eigenvalue weighted by Gasteiger charge is -2.17. The molecule has 1 aromatic rings. The highest BCUT2D eigenvalue weighted by Crippen LogP contribution is 2.45. The highest BCUT2D eigenvalue weighted by Gasteiger charge is 2.22. The number of hydrogen-bond donors (Lipinski definition) is 0. The summed E-state index contributed by atoms with van der Waals surface area (Å²) in [6, 6.07) is 5.23. The van der Waals surface area contributed by atoms with E-state index in [4.69, 9.17) is 14.1 Å². The van der Waals surface area contributed by atoms with Gasteiger partial charge in [0, 0.05) is 12.1 Å². The predicted molar refractivity (Wildman–Crippen MR) is 73.8 cm³/mol. The van der Waals surface area contributed by atoms with Crippen LogP contribution in [0.15, 0.2) is 24.3 Å². The van der Waals surface area contributed by atoms with Crippen molar-refractivity contribution in [2.24, 2.45) is 0 Å². The van der Waals surface area contributed by atoms with Crippen molar-refractivity contribution in [3.05, 3.63) is 34.4 Å². The van der Waals surface area contributed by atoms with E-state index < -0.39 is 12.5 Å². The second kappa shape index (κ2) is 7.38. The quantitative estimate of drug-likeness (QED) is 0.313. The van der Waals surface area contributed by atoms with Gasteiger partial charge in [0.25, 0.3) is 5.69 Å². The Kier molecular flexibility index (Phi) is 6.13. The first kappa shape index (κ1) is 16.6. The van der Waals surface area contributed by atoms with Gasteiger partial charge in [0.2, 0.25) is 0 Å². The molecule has 0 radical (unpaired) electrons. The third kappa shape index (κ3) is 5.28. The summed E-state index contributed by atoms with van der Waals surface area (Å²) < 4.78 is 22.1. The molecule has 0 aliphatic rings. The average Bonchev–Trinajstić information content (AvgIpc) is 2.40. The number of rotatable bonds is 8. The lowest BCUT2D eigenvalue weighted by atomic mass is 10.2. The molecule has 1 rings (SSSR count). The van der Waals surface area contributed by atoms with Gasteiger partial charge in [0.1, 0.15) is 5.75 Å². The zero-order valence-electron chi connectivity index (χ0n) is 11.6. The molecule has 1 unspecified atom stereocenters. The van der Waals surface area contributed by atoms with Crippen LogP contribution in [-0.2, 0) is 14.1 Å². The summed E-state index contributed by atoms with van der Waals surface area (Å²) in [5.74, 6) is 0.217. The summed E-state index contributed by atoms with van der Waals surface area (Å²) in [5, 5.41) is 10.5. The molecule has 20 heavy (non-hydrogen) atoms. The van der Waals surface area contributed by atoms with E-state index in [1.54, 1.807) is 0 Å². The highest BCUT2D eigenvalue weighted by molar-refractivity contribution is 7.53. The van der Waals surface area contributed by atoms with Crippen LogP contribution in [0.5, 0.6) is 5.75 Å². The van der Waals surface area contributed by atoms with E-state index in [0.717, 1.165) is 12.8 Å². The van der Waals surface area contributed by atoms with Crippen LogP contribution < -0.4 is 4.52 Å². The first-order valence-corrected chi connectivity index (χ1v) is 8.23. The van der Waals surface area contributed by atoms with E-state index in [9.17, 15) is 14.7 Å². The zero-order valence-corrected chi connectivity index (χ0v) is 12.5. The van der Waals surface area contributed by atoms with Crippen LogP contribution >= 0.6 is 7.60 Å². The summed E-state index contributed by atoms with van der Waals surface area (Å²) in [4.78, 5) is 15.0. The number of nitro groups is 1. The SMILES string of the molecule is CCC(CC)OOP(C)(=O)Oc1ccc([N+](=O)[O-])cc1. The van der Waals surface area contributed by atoms with E-state index in [-0.39, 0.29) is 17.5 Å². The van der Waals surface area contributed by atoms with Gasteiger partial charge in [-0.15, -0.1) is 4.67 Å². The van der Waals surface area contributed by atoms with Crippen molar-refractivity contribution in [1.29, 1.82) is 0 Å². The summed E-state index contributed by atoms with van der Waals surface area (Å²) in [6.45, 7) is 5.13. The van der Waals surface area contributed by atoms with Crippen molar-refractivity contribution in [2.45, 2.75) is 32.8 Å². The topological polar surface area (TPSA) is 87.9 Å². The molecule has 1 atom stereocenters. The molecule has 0 saturated heterocycles. The summed E-state index contributed by atoms with van der Waals surface area (Å²) in [6.07, 6.45) is 1.31. The van der Waals surface area contributed by atoms with Gasteiger partial charge < -0.3 is 4.52 Å². The van der Waals surface area contributed by atoms with Crippen LogP contribution in [-0.4, -0.2) is 17.7 Å². The van der Waals surface area contributed by atoms with Crippen LogP contribution in [0.3, 0.4) is 0 Å². The molecule has 0 N–H and O–H groups in total. The first-order valence-electron chi connectivity index (χ1n) is 6.24. The van der Waals surface area contributed by atoms with Gasteiger partial charge in [0.15, 0.2) is 0 Å². The van der Waals surface area contributed by atoms with Crippen LogP contribution in [0.2, 0.25) is 0 Å². The maximum Gasteiger partial charge on any atom is 0.402 e. The van der Waals surface area contributed by atoms with Gasteiger partial charge in [-0.25, -0.2) is 9.45 Å². The summed E-state index contributed by atoms with van der Waals surface area (Å²) >= 11 is 0. The molecule has 0 saturated carbocycles. The normalized spacial score (nSPS) is 14.0. The molecular weight excluding hydrogens is 285 g/mol. The zero-order chi connectivity index (χ0) is 15.2. The Hall–Kier alpha value is -1.43. The molecule has 0 fully saturated rings. The van der Waals surface area contributed by atoms with Crippen molar-refractivity contribution in [1.82, 2.24) is 0 Å². The molecule has 0 aliphatic heterocycles. The van der Waals surface area contributed by atoms with E-state index in [2.05, 4.69) is 0 Å². The Morgan fingerprint density at radius 2 is 1.80 bits per heavy atom. The molecule has 7 nitrogen and oxygen atoms in total. The smallest absolute Gasteiger partial charge is 0.402 e. The van der Waals surface area contributed by atoms with Crippen molar-refractivity contribution in [3.63, 3.8) is 0 Å². The molecule has 0 spiro atoms. The molecule has 1 aromatic carbocycles. The number of nitro benzene ring substituents is 1. The maximum atomic E-state index is 12.0. The molecule has 0 amide bonds. The van der Waals surface area contributed by atoms with Gasteiger partial charge in [0.05, 0.1) is 17.7 Å². The number of nitrogens with zero attached hydrogens (tertiary/aromatic N) is 1. The lowest BCUT2D eigenvalue weighted by Crippen LogP contribution is -2.10. The first-order chi connectivity index (χ1) is 9.38. The molecule has 0 aromatic heterocycles. The van der Waals surface area contributed by atoms with Gasteiger partial charge >= 0.3 is 7.60 Å². The highest BCUT2D eigenvalue weighted by atomic mass is 31.2. The minimum absolute atomic E-state index is 0.0718. The monoisotopic (exact) mass is 303 g/mol. The van der Waals surface area contributed by atoms with Gasteiger partial charge in [-0.05, 0) is 25.0 Å². The second-order valence-electron chi connectivity index (χ2n) is 4.22. The van der Waals surface area contributed by atoms with E-state index in [1.165, 1.54) is 30.9 Å². The van der Waals surface area contributed by atoms with Crippen molar-refractivity contribution < 1.29 is 23.6 Å². The van der Waals surface area contributed by atoms with E-state index in [0.29, 0.717) is 0 Å². The lowest BCUT2D eigenvalue weighted by molar-refractivity contribution is -0.384. The fraction of sp³-hybridized carbons (Fsp3) is 0.500. The van der Waals surface area contributed by atoms with Crippen molar-refractivity contribution in [3.8, 4) is 5.75 Å². The average molecular weight is 303 g/mol. The van der Waals surface area contributed by atoms with Gasteiger partial charge in [-0.3, -0.25) is 10.1 Å². The van der Waals surface area contributed by atoms with E-state index in [1.807, 2.05) is 13.8 Å². The van der Waals surface area contributed by atoms with Crippen LogP contribution in [0.1, 0.15) is 26.7 Å². The predicted octanol–water partition coefficient (Wildman–Crippen LogP) is 3.93. The molecule has 112 valence electrons. The van der Waals surface area contributed by atoms with Crippen molar-refractivity contribution >= 4 is 13.3 Å². The van der Waals surface area contributed by atoms with E-state index >= 15 is 0 Å². The van der Waals surface area contributed by atoms with Crippen molar-refractivity contribution in [2.75, 3.05) is 6.66 Å². The minimum Gasteiger partial charge on any atom is -0.423 e. The van der Waals surface area contributed by atoms with Crippen LogP contribution in [0, 0.1) is 10.1 Å². The van der Waals surface area contributed by atoms with Gasteiger partial charge in [-0.1, -0.05) is 13.8 Å². The standard InChI is InChI=1S/C12H18NO6P/c1-4-11(5-2)17-19-20(3,16)18-12-8-6-10(7-9-12)13(14)15/h6-9,11H,4-5H2,1-3H3. The Balaban J connectivity index is 2.61. The van der Waals surface area contributed by atoms with Crippen LogP contribution in [0.25, 0.3) is 0 Å². The molecule has 0 aliphatic carbocycles. The summed E-state index contributed by atoms with van der Waals surface area (Å²) in [7, 11) is -3.43. The molecule has 0 bridgehead atoms. The largest absolute Gasteiger partial charge is 0.423 e. The number of benzene rings is 1. The maximum absolute atomic E-state index is 12.0.